The molecule has 0 spiro atoms. The second kappa shape index (κ2) is 8.02. The molecule has 0 amide bonds. The van der Waals surface area contributed by atoms with Crippen LogP contribution in [-0.4, -0.2) is 31.1 Å². The maximum Gasteiger partial charge on any atom is 0.416 e. The van der Waals surface area contributed by atoms with Gasteiger partial charge in [-0.3, -0.25) is 4.90 Å². The minimum Gasteiger partial charge on any atom is -0.314 e. The van der Waals surface area contributed by atoms with Crippen molar-refractivity contribution in [3.8, 4) is 0 Å². The molecule has 1 atom stereocenters. The van der Waals surface area contributed by atoms with Crippen LogP contribution in [0.2, 0.25) is 0 Å². The topological polar surface area (TPSA) is 15.3 Å². The van der Waals surface area contributed by atoms with Crippen LogP contribution >= 0.6 is 12.4 Å². The largest absolute Gasteiger partial charge is 0.416 e. The molecule has 2 aliphatic rings. The lowest BCUT2D eigenvalue weighted by Crippen LogP contribution is -2.47. The zero-order valence-electron chi connectivity index (χ0n) is 13.4. The van der Waals surface area contributed by atoms with Crippen LogP contribution in [0, 0.1) is 11.7 Å². The smallest absolute Gasteiger partial charge is 0.314 e. The fourth-order valence-electron chi connectivity index (χ4n) is 4.03. The van der Waals surface area contributed by atoms with Crippen LogP contribution in [0.3, 0.4) is 0 Å². The second-order valence-electron chi connectivity index (χ2n) is 6.47. The van der Waals surface area contributed by atoms with Gasteiger partial charge in [0.05, 0.1) is 5.56 Å². The monoisotopic (exact) mass is 366 g/mol. The Morgan fingerprint density at radius 2 is 1.71 bits per heavy atom. The van der Waals surface area contributed by atoms with Crippen molar-refractivity contribution in [3.05, 3.63) is 35.1 Å². The zero-order valence-corrected chi connectivity index (χ0v) is 14.2. The summed E-state index contributed by atoms with van der Waals surface area (Å²) in [4.78, 5) is 2.04. The van der Waals surface area contributed by atoms with Crippen LogP contribution in [0.1, 0.15) is 42.9 Å². The average molecular weight is 367 g/mol. The Hall–Kier alpha value is -0.850. The Labute approximate surface area is 146 Å². The van der Waals surface area contributed by atoms with Crippen LogP contribution < -0.4 is 5.32 Å². The summed E-state index contributed by atoms with van der Waals surface area (Å²) in [6.45, 7) is 2.79. The SMILES string of the molecule is Cl.Fc1cccc(C(F)(F)F)c1[C@@H](C1CCCC1)N1CCNCC1. The number of nitrogens with one attached hydrogen (secondary N) is 1. The van der Waals surface area contributed by atoms with E-state index in [4.69, 9.17) is 0 Å². The highest BCUT2D eigenvalue weighted by Gasteiger charge is 2.41. The van der Waals surface area contributed by atoms with Gasteiger partial charge in [-0.1, -0.05) is 18.9 Å². The number of alkyl halides is 3. The number of piperazine rings is 1. The lowest BCUT2D eigenvalue weighted by molar-refractivity contribution is -0.139. The van der Waals surface area contributed by atoms with E-state index in [-0.39, 0.29) is 23.9 Å². The van der Waals surface area contributed by atoms with Gasteiger partial charge in [0.25, 0.3) is 0 Å². The third-order valence-electron chi connectivity index (χ3n) is 5.05. The normalized spacial score (nSPS) is 21.5. The molecule has 3 rings (SSSR count). The maximum atomic E-state index is 14.5. The number of nitrogens with zero attached hydrogens (tertiary/aromatic N) is 1. The van der Waals surface area contributed by atoms with E-state index >= 15 is 0 Å². The van der Waals surface area contributed by atoms with Crippen molar-refractivity contribution < 1.29 is 17.6 Å². The highest BCUT2D eigenvalue weighted by atomic mass is 35.5. The van der Waals surface area contributed by atoms with Crippen LogP contribution in [-0.2, 0) is 6.18 Å². The molecule has 0 aromatic heterocycles. The van der Waals surface area contributed by atoms with Crippen molar-refractivity contribution in [2.45, 2.75) is 37.9 Å². The molecule has 1 aromatic rings. The quantitative estimate of drug-likeness (QED) is 0.797. The van der Waals surface area contributed by atoms with Gasteiger partial charge in [0.15, 0.2) is 0 Å². The Bertz CT molecular complexity index is 538. The first-order valence-electron chi connectivity index (χ1n) is 8.29. The van der Waals surface area contributed by atoms with E-state index in [2.05, 4.69) is 5.32 Å². The predicted octanol–water partition coefficient (Wildman–Crippen LogP) is 4.40. The summed E-state index contributed by atoms with van der Waals surface area (Å²) in [7, 11) is 0. The lowest BCUT2D eigenvalue weighted by Gasteiger charge is -2.39. The van der Waals surface area contributed by atoms with Gasteiger partial charge in [-0.2, -0.15) is 13.2 Å². The Morgan fingerprint density at radius 3 is 2.29 bits per heavy atom. The van der Waals surface area contributed by atoms with Gasteiger partial charge in [-0.05, 0) is 30.9 Å². The molecule has 136 valence electrons. The van der Waals surface area contributed by atoms with Gasteiger partial charge in [-0.25, -0.2) is 4.39 Å². The number of hydrogen-bond donors (Lipinski definition) is 1. The molecule has 24 heavy (non-hydrogen) atoms. The molecule has 7 heteroatoms. The molecule has 1 saturated carbocycles. The molecular weight excluding hydrogens is 344 g/mol. The maximum absolute atomic E-state index is 14.5. The van der Waals surface area contributed by atoms with Crippen molar-refractivity contribution in [3.63, 3.8) is 0 Å². The standard InChI is InChI=1S/C17H22F4N2.ClH/c18-14-7-3-6-13(17(19,20)21)15(14)16(12-4-1-2-5-12)23-10-8-22-9-11-23;/h3,6-7,12,16,22H,1-2,4-5,8-11H2;1H/t16-;/m1./s1. The molecule has 2 fully saturated rings. The van der Waals surface area contributed by atoms with E-state index in [1.165, 1.54) is 0 Å². The van der Waals surface area contributed by atoms with E-state index in [0.717, 1.165) is 57.0 Å². The van der Waals surface area contributed by atoms with Crippen molar-refractivity contribution in [2.75, 3.05) is 26.2 Å². The van der Waals surface area contributed by atoms with E-state index < -0.39 is 23.6 Å². The highest BCUT2D eigenvalue weighted by molar-refractivity contribution is 5.85. The van der Waals surface area contributed by atoms with Crippen LogP contribution in [0.4, 0.5) is 17.6 Å². The first kappa shape index (κ1) is 19.5. The van der Waals surface area contributed by atoms with Gasteiger partial charge in [-0.15, -0.1) is 12.4 Å². The summed E-state index contributed by atoms with van der Waals surface area (Å²) in [5.41, 5.74) is -0.957. The molecule has 1 aliphatic heterocycles. The lowest BCUT2D eigenvalue weighted by atomic mass is 9.86. The van der Waals surface area contributed by atoms with Gasteiger partial charge >= 0.3 is 6.18 Å². The molecule has 0 radical (unpaired) electrons. The number of benzene rings is 1. The number of rotatable bonds is 3. The fourth-order valence-corrected chi connectivity index (χ4v) is 4.03. The minimum atomic E-state index is -4.53. The van der Waals surface area contributed by atoms with Crippen molar-refractivity contribution >= 4 is 12.4 Å². The average Bonchev–Trinajstić information content (AvgIpc) is 3.03. The molecule has 1 N–H and O–H groups in total. The molecule has 1 saturated heterocycles. The van der Waals surface area contributed by atoms with Crippen LogP contribution in [0.25, 0.3) is 0 Å². The Balaban J connectivity index is 0.00000208. The summed E-state index contributed by atoms with van der Waals surface area (Å²) in [6, 6.07) is 2.86. The van der Waals surface area contributed by atoms with E-state index in [0.29, 0.717) is 13.1 Å². The van der Waals surface area contributed by atoms with E-state index in [1.54, 1.807) is 0 Å². The molecule has 0 unspecified atom stereocenters. The van der Waals surface area contributed by atoms with Crippen molar-refractivity contribution in [1.29, 1.82) is 0 Å². The van der Waals surface area contributed by atoms with Gasteiger partial charge in [0.2, 0.25) is 0 Å². The number of hydrogen-bond acceptors (Lipinski definition) is 2. The molecule has 1 heterocycles. The molecule has 2 nitrogen and oxygen atoms in total. The van der Waals surface area contributed by atoms with Crippen LogP contribution in [0.15, 0.2) is 18.2 Å². The summed E-state index contributed by atoms with van der Waals surface area (Å²) >= 11 is 0. The summed E-state index contributed by atoms with van der Waals surface area (Å²) < 4.78 is 54.8. The zero-order chi connectivity index (χ0) is 16.4. The van der Waals surface area contributed by atoms with E-state index in [1.807, 2.05) is 4.90 Å². The van der Waals surface area contributed by atoms with E-state index in [9.17, 15) is 17.6 Å². The van der Waals surface area contributed by atoms with Gasteiger partial charge in [0, 0.05) is 37.8 Å². The molecule has 1 aliphatic carbocycles. The van der Waals surface area contributed by atoms with Crippen molar-refractivity contribution in [1.82, 2.24) is 10.2 Å². The van der Waals surface area contributed by atoms with Gasteiger partial charge in [0.1, 0.15) is 5.82 Å². The predicted molar refractivity (Wildman–Crippen MR) is 87.8 cm³/mol. The first-order chi connectivity index (χ1) is 11.0. The number of halogens is 5. The minimum absolute atomic E-state index is 0. The van der Waals surface area contributed by atoms with Gasteiger partial charge < -0.3 is 5.32 Å². The third-order valence-corrected chi connectivity index (χ3v) is 5.05. The first-order valence-corrected chi connectivity index (χ1v) is 8.29. The summed E-state index contributed by atoms with van der Waals surface area (Å²) in [6.07, 6.45) is -0.741. The molecule has 1 aromatic carbocycles. The van der Waals surface area contributed by atoms with Crippen LogP contribution in [0.5, 0.6) is 0 Å². The summed E-state index contributed by atoms with van der Waals surface area (Å²) in [5.74, 6) is -0.624. The Kier molecular flexibility index (Phi) is 6.51. The molecular formula is C17H23ClF4N2. The Morgan fingerprint density at radius 1 is 1.08 bits per heavy atom. The second-order valence-corrected chi connectivity index (χ2v) is 6.47. The fraction of sp³-hybridized carbons (Fsp3) is 0.647. The summed E-state index contributed by atoms with van der Waals surface area (Å²) in [5, 5.41) is 3.21. The molecule has 0 bridgehead atoms. The highest BCUT2D eigenvalue weighted by Crippen LogP contribution is 2.45. The van der Waals surface area contributed by atoms with Crippen molar-refractivity contribution in [2.24, 2.45) is 5.92 Å². The third kappa shape index (κ3) is 4.03.